The average Bonchev–Trinajstić information content (AvgIpc) is 2.42. The quantitative estimate of drug-likeness (QED) is 0.669. The second-order valence-corrected chi connectivity index (χ2v) is 4.79. The van der Waals surface area contributed by atoms with Crippen molar-refractivity contribution < 1.29 is 14.1 Å². The number of aryl methyl sites for hydroxylation is 1. The Kier molecular flexibility index (Phi) is 4.28. The Morgan fingerprint density at radius 2 is 2.00 bits per heavy atom. The van der Waals surface area contributed by atoms with E-state index in [9.17, 15) is 14.5 Å². The number of rotatable bonds is 4. The van der Waals surface area contributed by atoms with Crippen LogP contribution in [0, 0.1) is 22.9 Å². The molecule has 0 aliphatic carbocycles. The fraction of sp³-hybridized carbons (Fsp3) is 0.143. The van der Waals surface area contributed by atoms with Gasteiger partial charge in [-0.15, -0.1) is 0 Å². The number of nitrogens with zero attached hydrogens (tertiary/aromatic N) is 1. The van der Waals surface area contributed by atoms with Crippen LogP contribution in [0.2, 0.25) is 5.02 Å². The van der Waals surface area contributed by atoms with Crippen molar-refractivity contribution in [2.45, 2.75) is 6.92 Å². The van der Waals surface area contributed by atoms with Crippen molar-refractivity contribution in [3.05, 3.63) is 56.8 Å². The first-order valence-corrected chi connectivity index (χ1v) is 6.34. The lowest BCUT2D eigenvalue weighted by molar-refractivity contribution is -0.385. The van der Waals surface area contributed by atoms with Crippen molar-refractivity contribution in [3.63, 3.8) is 0 Å². The van der Waals surface area contributed by atoms with Gasteiger partial charge < -0.3 is 10.1 Å². The smallest absolute Gasteiger partial charge is 0.274 e. The van der Waals surface area contributed by atoms with Gasteiger partial charge in [0.25, 0.3) is 5.69 Å². The molecule has 0 aromatic heterocycles. The van der Waals surface area contributed by atoms with Crippen LogP contribution < -0.4 is 10.1 Å². The van der Waals surface area contributed by atoms with Gasteiger partial charge in [0.1, 0.15) is 11.6 Å². The third-order valence-electron chi connectivity index (χ3n) is 2.85. The van der Waals surface area contributed by atoms with E-state index in [0.717, 1.165) is 17.7 Å². The minimum absolute atomic E-state index is 0.252. The number of nitro benzene ring substituents is 1. The van der Waals surface area contributed by atoms with Crippen molar-refractivity contribution in [1.29, 1.82) is 0 Å². The van der Waals surface area contributed by atoms with Crippen LogP contribution in [0.1, 0.15) is 5.56 Å². The minimum atomic E-state index is -0.698. The van der Waals surface area contributed by atoms with Crippen LogP contribution in [0.15, 0.2) is 30.3 Å². The van der Waals surface area contributed by atoms with Gasteiger partial charge in [0.05, 0.1) is 23.8 Å². The van der Waals surface area contributed by atoms with Gasteiger partial charge in [-0.2, -0.15) is 0 Å². The Bertz CT molecular complexity index is 707. The number of benzene rings is 2. The highest BCUT2D eigenvalue weighted by Gasteiger charge is 2.12. The molecule has 2 aromatic rings. The maximum Gasteiger partial charge on any atom is 0.274 e. The maximum absolute atomic E-state index is 13.4. The lowest BCUT2D eigenvalue weighted by Crippen LogP contribution is -1.98. The predicted molar refractivity (Wildman–Crippen MR) is 79.1 cm³/mol. The molecule has 0 aliphatic heterocycles. The number of hydrogen-bond acceptors (Lipinski definition) is 4. The molecule has 0 spiro atoms. The van der Waals surface area contributed by atoms with E-state index in [2.05, 4.69) is 5.32 Å². The van der Waals surface area contributed by atoms with Crippen LogP contribution in [0.25, 0.3) is 0 Å². The Labute approximate surface area is 125 Å². The Morgan fingerprint density at radius 1 is 1.29 bits per heavy atom. The molecule has 0 heterocycles. The summed E-state index contributed by atoms with van der Waals surface area (Å²) in [5, 5.41) is 14.2. The summed E-state index contributed by atoms with van der Waals surface area (Å²) in [5.41, 5.74) is 1.26. The topological polar surface area (TPSA) is 64.4 Å². The van der Waals surface area contributed by atoms with Gasteiger partial charge in [0.2, 0.25) is 0 Å². The molecule has 0 saturated carbocycles. The zero-order valence-electron chi connectivity index (χ0n) is 11.3. The number of methoxy groups -OCH3 is 1. The van der Waals surface area contributed by atoms with E-state index in [-0.39, 0.29) is 11.4 Å². The summed E-state index contributed by atoms with van der Waals surface area (Å²) in [5.74, 6) is -0.242. The Hall–Kier alpha value is -2.34. The predicted octanol–water partition coefficient (Wildman–Crippen LogP) is 4.45. The van der Waals surface area contributed by atoms with E-state index < -0.39 is 10.7 Å². The molecule has 110 valence electrons. The van der Waals surface area contributed by atoms with Crippen LogP contribution in [0.4, 0.5) is 21.5 Å². The molecule has 0 unspecified atom stereocenters. The summed E-state index contributed by atoms with van der Waals surface area (Å²) in [4.78, 5) is 10.1. The van der Waals surface area contributed by atoms with Gasteiger partial charge in [-0.3, -0.25) is 10.1 Å². The first kappa shape index (κ1) is 15.1. The number of hydrogen-bond donors (Lipinski definition) is 1. The molecular weight excluding hydrogens is 299 g/mol. The summed E-state index contributed by atoms with van der Waals surface area (Å²) in [7, 11) is 1.47. The molecule has 0 fully saturated rings. The number of anilines is 2. The van der Waals surface area contributed by atoms with Crippen molar-refractivity contribution in [2.24, 2.45) is 0 Å². The molecule has 0 amide bonds. The second kappa shape index (κ2) is 5.97. The Balaban J connectivity index is 2.42. The molecule has 0 aliphatic rings. The molecule has 1 N–H and O–H groups in total. The number of ether oxygens (including phenoxy) is 1. The van der Waals surface area contributed by atoms with E-state index in [1.807, 2.05) is 0 Å². The van der Waals surface area contributed by atoms with E-state index in [4.69, 9.17) is 16.3 Å². The molecule has 0 bridgehead atoms. The Morgan fingerprint density at radius 3 is 2.62 bits per heavy atom. The first-order chi connectivity index (χ1) is 9.90. The van der Waals surface area contributed by atoms with Crippen molar-refractivity contribution in [3.8, 4) is 5.75 Å². The van der Waals surface area contributed by atoms with Crippen LogP contribution in [0.3, 0.4) is 0 Å². The van der Waals surface area contributed by atoms with E-state index >= 15 is 0 Å². The van der Waals surface area contributed by atoms with Crippen LogP contribution >= 0.6 is 11.6 Å². The van der Waals surface area contributed by atoms with Crippen molar-refractivity contribution in [2.75, 3.05) is 12.4 Å². The summed E-state index contributed by atoms with van der Waals surface area (Å²) in [6.45, 7) is 1.81. The number of nitro groups is 1. The van der Waals surface area contributed by atoms with Crippen LogP contribution in [-0.2, 0) is 0 Å². The molecule has 0 saturated heterocycles. The van der Waals surface area contributed by atoms with Gasteiger partial charge in [-0.1, -0.05) is 11.6 Å². The second-order valence-electron chi connectivity index (χ2n) is 4.38. The zero-order valence-corrected chi connectivity index (χ0v) is 12.1. The van der Waals surface area contributed by atoms with Gasteiger partial charge in [-0.05, 0) is 24.6 Å². The third-order valence-corrected chi connectivity index (χ3v) is 3.26. The van der Waals surface area contributed by atoms with E-state index in [0.29, 0.717) is 16.5 Å². The first-order valence-electron chi connectivity index (χ1n) is 5.97. The summed E-state index contributed by atoms with van der Waals surface area (Å²) < 4.78 is 18.6. The standard InChI is InChI=1S/C14H12ClFN2O3/c1-8-3-13(14(21-2)7-12(8)15)17-10-4-9(16)5-11(6-10)18(19)20/h3-7,17H,1-2H3. The molecule has 2 aromatic carbocycles. The molecule has 0 atom stereocenters. The summed E-state index contributed by atoms with van der Waals surface area (Å²) in [6, 6.07) is 6.60. The van der Waals surface area contributed by atoms with Crippen molar-refractivity contribution in [1.82, 2.24) is 0 Å². The van der Waals surface area contributed by atoms with Gasteiger partial charge in [0, 0.05) is 22.8 Å². The normalized spacial score (nSPS) is 10.3. The molecule has 0 radical (unpaired) electrons. The summed E-state index contributed by atoms with van der Waals surface area (Å²) in [6.07, 6.45) is 0. The highest BCUT2D eigenvalue weighted by molar-refractivity contribution is 6.31. The fourth-order valence-electron chi connectivity index (χ4n) is 1.84. The van der Waals surface area contributed by atoms with Crippen molar-refractivity contribution >= 4 is 28.7 Å². The van der Waals surface area contributed by atoms with E-state index in [1.165, 1.54) is 13.2 Å². The monoisotopic (exact) mass is 310 g/mol. The zero-order chi connectivity index (χ0) is 15.6. The SMILES string of the molecule is COc1cc(Cl)c(C)cc1Nc1cc(F)cc([N+](=O)[O-])c1. The maximum atomic E-state index is 13.4. The number of halogens is 2. The minimum Gasteiger partial charge on any atom is -0.495 e. The highest BCUT2D eigenvalue weighted by Crippen LogP contribution is 2.34. The molecule has 7 heteroatoms. The number of non-ortho nitro benzene ring substituents is 1. The molecular formula is C14H12ClFN2O3. The summed E-state index contributed by atoms with van der Waals surface area (Å²) >= 11 is 6.00. The molecule has 21 heavy (non-hydrogen) atoms. The fourth-order valence-corrected chi connectivity index (χ4v) is 1.99. The van der Waals surface area contributed by atoms with E-state index in [1.54, 1.807) is 19.1 Å². The van der Waals surface area contributed by atoms with Gasteiger partial charge >= 0.3 is 0 Å². The largest absolute Gasteiger partial charge is 0.495 e. The van der Waals surface area contributed by atoms with Gasteiger partial charge in [0.15, 0.2) is 0 Å². The number of nitrogens with one attached hydrogen (secondary N) is 1. The third kappa shape index (κ3) is 3.41. The van der Waals surface area contributed by atoms with Crippen LogP contribution in [0.5, 0.6) is 5.75 Å². The molecule has 2 rings (SSSR count). The average molecular weight is 311 g/mol. The molecule has 5 nitrogen and oxygen atoms in total. The van der Waals surface area contributed by atoms with Gasteiger partial charge in [-0.25, -0.2) is 4.39 Å². The van der Waals surface area contributed by atoms with Crippen LogP contribution in [-0.4, -0.2) is 12.0 Å². The lowest BCUT2D eigenvalue weighted by Gasteiger charge is -2.13. The lowest BCUT2D eigenvalue weighted by atomic mass is 10.2. The highest BCUT2D eigenvalue weighted by atomic mass is 35.5.